The van der Waals surface area contributed by atoms with E-state index >= 15 is 0 Å². The van der Waals surface area contributed by atoms with Crippen LogP contribution in [0.25, 0.3) is 0 Å². The van der Waals surface area contributed by atoms with E-state index in [0.717, 1.165) is 33.0 Å². The van der Waals surface area contributed by atoms with E-state index in [2.05, 4.69) is 55.3 Å². The van der Waals surface area contributed by atoms with Gasteiger partial charge in [0.2, 0.25) is 0 Å². The zero-order chi connectivity index (χ0) is 13.0. The minimum Gasteiger partial charge on any atom is -0.379 e. The van der Waals surface area contributed by atoms with E-state index in [1.54, 1.807) is 0 Å². The Labute approximate surface area is 110 Å². The van der Waals surface area contributed by atoms with Gasteiger partial charge in [-0.05, 0) is 23.1 Å². The van der Waals surface area contributed by atoms with Crippen LogP contribution in [-0.4, -0.2) is 37.9 Å². The van der Waals surface area contributed by atoms with Gasteiger partial charge in [-0.3, -0.25) is 4.90 Å². The summed E-state index contributed by atoms with van der Waals surface area (Å²) in [4.78, 5) is 2.38. The third-order valence-corrected chi connectivity index (χ3v) is 3.34. The van der Waals surface area contributed by atoms with Gasteiger partial charge in [0.05, 0.1) is 19.9 Å². The van der Waals surface area contributed by atoms with Crippen LogP contribution in [0.15, 0.2) is 24.3 Å². The summed E-state index contributed by atoms with van der Waals surface area (Å²) in [6, 6.07) is 8.71. The Kier molecular flexibility index (Phi) is 4.25. The van der Waals surface area contributed by atoms with Crippen molar-refractivity contribution in [3.8, 4) is 0 Å². The number of rotatable bonds is 3. The molecule has 1 saturated heterocycles. The molecule has 1 aliphatic rings. The molecule has 3 heteroatoms. The first kappa shape index (κ1) is 13.4. The molecule has 0 bridgehead atoms. The fourth-order valence-corrected chi connectivity index (χ4v) is 2.06. The second-order valence-corrected chi connectivity index (χ2v) is 5.90. The Bertz CT molecular complexity index is 378. The normalized spacial score (nSPS) is 17.7. The highest BCUT2D eigenvalue weighted by Gasteiger charge is 2.14. The Morgan fingerprint density at radius 3 is 2.61 bits per heavy atom. The average Bonchev–Trinajstić information content (AvgIpc) is 2.37. The molecule has 1 aromatic rings. The summed E-state index contributed by atoms with van der Waals surface area (Å²) in [6.45, 7) is 11.4. The van der Waals surface area contributed by atoms with E-state index in [0.29, 0.717) is 0 Å². The summed E-state index contributed by atoms with van der Waals surface area (Å²) < 4.78 is 5.35. The molecule has 0 unspecified atom stereocenters. The number of anilines is 1. The van der Waals surface area contributed by atoms with Crippen LogP contribution in [-0.2, 0) is 10.2 Å². The van der Waals surface area contributed by atoms with Gasteiger partial charge in [-0.1, -0.05) is 32.9 Å². The molecule has 0 atom stereocenters. The quantitative estimate of drug-likeness (QED) is 0.890. The van der Waals surface area contributed by atoms with Gasteiger partial charge in [-0.2, -0.15) is 0 Å². The van der Waals surface area contributed by atoms with Crippen molar-refractivity contribution in [3.05, 3.63) is 29.8 Å². The predicted molar refractivity (Wildman–Crippen MR) is 76.0 cm³/mol. The maximum atomic E-state index is 5.35. The number of nitrogens with zero attached hydrogens (tertiary/aromatic N) is 1. The average molecular weight is 248 g/mol. The molecule has 1 N–H and O–H groups in total. The van der Waals surface area contributed by atoms with Crippen LogP contribution in [0.5, 0.6) is 0 Å². The lowest BCUT2D eigenvalue weighted by atomic mass is 9.87. The van der Waals surface area contributed by atoms with Gasteiger partial charge in [-0.25, -0.2) is 0 Å². The van der Waals surface area contributed by atoms with Gasteiger partial charge in [-0.15, -0.1) is 0 Å². The van der Waals surface area contributed by atoms with Crippen molar-refractivity contribution in [1.82, 2.24) is 4.90 Å². The molecule has 1 aliphatic heterocycles. The third kappa shape index (κ3) is 3.72. The van der Waals surface area contributed by atoms with Crippen molar-refractivity contribution >= 4 is 5.69 Å². The van der Waals surface area contributed by atoms with Crippen LogP contribution < -0.4 is 5.32 Å². The van der Waals surface area contributed by atoms with Crippen LogP contribution in [0.3, 0.4) is 0 Å². The van der Waals surface area contributed by atoms with E-state index < -0.39 is 0 Å². The van der Waals surface area contributed by atoms with Crippen LogP contribution in [0, 0.1) is 0 Å². The number of benzene rings is 1. The van der Waals surface area contributed by atoms with Crippen LogP contribution in [0.4, 0.5) is 5.69 Å². The van der Waals surface area contributed by atoms with Gasteiger partial charge >= 0.3 is 0 Å². The van der Waals surface area contributed by atoms with E-state index in [-0.39, 0.29) is 5.41 Å². The topological polar surface area (TPSA) is 24.5 Å². The van der Waals surface area contributed by atoms with E-state index in [1.807, 2.05) is 0 Å². The second-order valence-electron chi connectivity index (χ2n) is 5.90. The molecule has 18 heavy (non-hydrogen) atoms. The zero-order valence-electron chi connectivity index (χ0n) is 11.7. The highest BCUT2D eigenvalue weighted by Crippen LogP contribution is 2.24. The fourth-order valence-electron chi connectivity index (χ4n) is 2.06. The number of hydrogen-bond donors (Lipinski definition) is 1. The van der Waals surface area contributed by atoms with Crippen molar-refractivity contribution in [2.24, 2.45) is 0 Å². The molecule has 3 nitrogen and oxygen atoms in total. The summed E-state index contributed by atoms with van der Waals surface area (Å²) in [7, 11) is 0. The maximum Gasteiger partial charge on any atom is 0.0679 e. The first-order valence-corrected chi connectivity index (χ1v) is 6.70. The van der Waals surface area contributed by atoms with Crippen molar-refractivity contribution < 1.29 is 4.74 Å². The van der Waals surface area contributed by atoms with Crippen molar-refractivity contribution in [2.45, 2.75) is 26.2 Å². The monoisotopic (exact) mass is 248 g/mol. The van der Waals surface area contributed by atoms with Gasteiger partial charge in [0.1, 0.15) is 0 Å². The Morgan fingerprint density at radius 2 is 1.94 bits per heavy atom. The molecule has 1 aromatic carbocycles. The fraction of sp³-hybridized carbons (Fsp3) is 0.600. The molecule has 1 fully saturated rings. The molecule has 0 amide bonds. The van der Waals surface area contributed by atoms with Crippen molar-refractivity contribution in [3.63, 3.8) is 0 Å². The molecule has 0 aromatic heterocycles. The Hall–Kier alpha value is -1.06. The molecule has 0 radical (unpaired) electrons. The summed E-state index contributed by atoms with van der Waals surface area (Å²) in [6.07, 6.45) is 0. The van der Waals surface area contributed by atoms with Crippen molar-refractivity contribution in [1.29, 1.82) is 0 Å². The molecule has 0 saturated carbocycles. The third-order valence-electron chi connectivity index (χ3n) is 3.34. The zero-order valence-corrected chi connectivity index (χ0v) is 11.7. The molecule has 0 spiro atoms. The molecular formula is C15H24N2O. The molecule has 0 aliphatic carbocycles. The summed E-state index contributed by atoms with van der Waals surface area (Å²) in [5, 5.41) is 3.50. The Morgan fingerprint density at radius 1 is 1.22 bits per heavy atom. The highest BCUT2D eigenvalue weighted by molar-refractivity contribution is 5.47. The van der Waals surface area contributed by atoms with Crippen LogP contribution in [0.1, 0.15) is 26.3 Å². The van der Waals surface area contributed by atoms with E-state index in [9.17, 15) is 0 Å². The molecular weight excluding hydrogens is 224 g/mol. The lowest BCUT2D eigenvalue weighted by Crippen LogP contribution is -2.39. The minimum absolute atomic E-state index is 0.205. The second kappa shape index (κ2) is 5.72. The van der Waals surface area contributed by atoms with Gasteiger partial charge in [0.15, 0.2) is 0 Å². The maximum absolute atomic E-state index is 5.35. The highest BCUT2D eigenvalue weighted by atomic mass is 16.5. The van der Waals surface area contributed by atoms with Crippen LogP contribution >= 0.6 is 0 Å². The molecule has 1 heterocycles. The number of hydrogen-bond acceptors (Lipinski definition) is 3. The largest absolute Gasteiger partial charge is 0.379 e. The summed E-state index contributed by atoms with van der Waals surface area (Å²) in [5.74, 6) is 0. The minimum atomic E-state index is 0.205. The number of morpholine rings is 1. The van der Waals surface area contributed by atoms with Gasteiger partial charge < -0.3 is 10.1 Å². The smallest absolute Gasteiger partial charge is 0.0679 e. The van der Waals surface area contributed by atoms with Gasteiger partial charge in [0.25, 0.3) is 0 Å². The van der Waals surface area contributed by atoms with Crippen LogP contribution in [0.2, 0.25) is 0 Å². The number of ether oxygens (including phenoxy) is 1. The first-order valence-electron chi connectivity index (χ1n) is 6.70. The standard InChI is InChI=1S/C15H24N2O/c1-15(2,3)13-5-4-6-14(11-13)16-12-17-7-9-18-10-8-17/h4-6,11,16H,7-10,12H2,1-3H3. The number of nitrogens with one attached hydrogen (secondary N) is 1. The van der Waals surface area contributed by atoms with Gasteiger partial charge in [0, 0.05) is 18.8 Å². The summed E-state index contributed by atoms with van der Waals surface area (Å²) >= 11 is 0. The Balaban J connectivity index is 1.92. The van der Waals surface area contributed by atoms with Crippen molar-refractivity contribution in [2.75, 3.05) is 38.3 Å². The lowest BCUT2D eigenvalue weighted by Gasteiger charge is -2.27. The van der Waals surface area contributed by atoms with E-state index in [4.69, 9.17) is 4.74 Å². The predicted octanol–water partition coefficient (Wildman–Crippen LogP) is 2.69. The lowest BCUT2D eigenvalue weighted by molar-refractivity contribution is 0.0414. The van der Waals surface area contributed by atoms with E-state index in [1.165, 1.54) is 11.3 Å². The molecule has 2 rings (SSSR count). The molecule has 100 valence electrons. The SMILES string of the molecule is CC(C)(C)c1cccc(NCN2CCOCC2)c1. The summed E-state index contributed by atoms with van der Waals surface area (Å²) in [5.41, 5.74) is 2.78. The first-order chi connectivity index (χ1) is 8.55.